The highest BCUT2D eigenvalue weighted by Gasteiger charge is 2.16. The summed E-state index contributed by atoms with van der Waals surface area (Å²) in [6.07, 6.45) is 8.46. The molecular weight excluding hydrogens is 178 g/mol. The van der Waals surface area contributed by atoms with Crippen molar-refractivity contribution in [2.45, 2.75) is 26.8 Å². The lowest BCUT2D eigenvalue weighted by molar-refractivity contribution is -0.700. The number of aromatic amines is 1. The van der Waals surface area contributed by atoms with E-state index in [9.17, 15) is 0 Å². The summed E-state index contributed by atoms with van der Waals surface area (Å²) in [6.45, 7) is 5.16. The van der Waals surface area contributed by atoms with Crippen molar-refractivity contribution in [3.63, 3.8) is 0 Å². The van der Waals surface area contributed by atoms with Gasteiger partial charge in [0.15, 0.2) is 0 Å². The Morgan fingerprint density at radius 2 is 2.43 bits per heavy atom. The Balaban J connectivity index is 2.60. The minimum absolute atomic E-state index is 0.283. The summed E-state index contributed by atoms with van der Waals surface area (Å²) in [5.41, 5.74) is 0. The van der Waals surface area contributed by atoms with Gasteiger partial charge in [0.2, 0.25) is 6.33 Å². The van der Waals surface area contributed by atoms with Gasteiger partial charge >= 0.3 is 0 Å². The molecule has 2 N–H and O–H groups in total. The Morgan fingerprint density at radius 1 is 1.64 bits per heavy atom. The first-order valence-electron chi connectivity index (χ1n) is 4.97. The highest BCUT2D eigenvalue weighted by molar-refractivity contribution is 5.59. The second-order valence-electron chi connectivity index (χ2n) is 3.62. The zero-order valence-corrected chi connectivity index (χ0v) is 8.72. The summed E-state index contributed by atoms with van der Waals surface area (Å²) < 4.78 is 2.05. The number of hydrogen-bond acceptors (Lipinski definition) is 2. The number of oxime groups is 1. The maximum absolute atomic E-state index is 8.56. The van der Waals surface area contributed by atoms with Crippen LogP contribution in [0.3, 0.4) is 0 Å². The van der Waals surface area contributed by atoms with Crippen molar-refractivity contribution in [3.8, 4) is 0 Å². The van der Waals surface area contributed by atoms with Gasteiger partial charge in [0.25, 0.3) is 0 Å². The van der Waals surface area contributed by atoms with E-state index in [1.54, 1.807) is 6.21 Å². The van der Waals surface area contributed by atoms with E-state index in [-0.39, 0.29) is 5.92 Å². The van der Waals surface area contributed by atoms with Crippen LogP contribution < -0.4 is 4.57 Å². The minimum Gasteiger partial charge on any atom is -0.411 e. The van der Waals surface area contributed by atoms with Crippen LogP contribution in [-0.2, 0) is 6.54 Å². The summed E-state index contributed by atoms with van der Waals surface area (Å²) in [5, 5.41) is 11.7. The summed E-state index contributed by atoms with van der Waals surface area (Å²) in [4.78, 5) is 2.99. The Morgan fingerprint density at radius 3 is 2.93 bits per heavy atom. The molecule has 0 saturated heterocycles. The van der Waals surface area contributed by atoms with Crippen LogP contribution in [0.2, 0.25) is 0 Å². The van der Waals surface area contributed by atoms with Gasteiger partial charge < -0.3 is 5.21 Å². The normalized spacial score (nSPS) is 15.9. The third-order valence-corrected chi connectivity index (χ3v) is 2.66. The molecule has 1 aromatic heterocycles. The van der Waals surface area contributed by atoms with Crippen LogP contribution in [0, 0.1) is 11.8 Å². The second-order valence-corrected chi connectivity index (χ2v) is 3.62. The molecule has 4 nitrogen and oxygen atoms in total. The molecule has 0 aromatic carbocycles. The Bertz CT molecular complexity index is 269. The van der Waals surface area contributed by atoms with Gasteiger partial charge in [-0.2, -0.15) is 0 Å². The van der Waals surface area contributed by atoms with E-state index in [4.69, 9.17) is 5.21 Å². The van der Waals surface area contributed by atoms with E-state index in [1.165, 1.54) is 0 Å². The fourth-order valence-electron chi connectivity index (χ4n) is 1.44. The van der Waals surface area contributed by atoms with Gasteiger partial charge in [0.05, 0.1) is 12.8 Å². The lowest BCUT2D eigenvalue weighted by atomic mass is 9.93. The van der Waals surface area contributed by atoms with Crippen LogP contribution in [0.4, 0.5) is 0 Å². The third-order valence-electron chi connectivity index (χ3n) is 2.66. The van der Waals surface area contributed by atoms with Gasteiger partial charge in [-0.25, -0.2) is 4.57 Å². The van der Waals surface area contributed by atoms with Crippen molar-refractivity contribution in [1.29, 1.82) is 0 Å². The molecule has 4 heteroatoms. The first kappa shape index (κ1) is 10.8. The maximum atomic E-state index is 8.56. The average Bonchev–Trinajstić information content (AvgIpc) is 2.68. The fourth-order valence-corrected chi connectivity index (χ4v) is 1.44. The molecule has 0 saturated carbocycles. The molecule has 78 valence electrons. The molecule has 14 heavy (non-hydrogen) atoms. The maximum Gasteiger partial charge on any atom is 0.241 e. The largest absolute Gasteiger partial charge is 0.411 e. The average molecular weight is 196 g/mol. The predicted octanol–water partition coefficient (Wildman–Crippen LogP) is 1.42. The topological polar surface area (TPSA) is 52.3 Å². The number of H-pyrrole nitrogens is 1. The second kappa shape index (κ2) is 5.42. The smallest absolute Gasteiger partial charge is 0.241 e. The highest BCUT2D eigenvalue weighted by atomic mass is 16.4. The summed E-state index contributed by atoms with van der Waals surface area (Å²) in [7, 11) is 0. The van der Waals surface area contributed by atoms with Gasteiger partial charge in [-0.1, -0.05) is 20.3 Å². The molecule has 1 aromatic rings. The zero-order chi connectivity index (χ0) is 10.4. The van der Waals surface area contributed by atoms with E-state index in [2.05, 4.69) is 28.6 Å². The van der Waals surface area contributed by atoms with Crippen molar-refractivity contribution >= 4 is 6.21 Å². The molecule has 0 fully saturated rings. The molecule has 1 heterocycles. The molecule has 2 atom stereocenters. The van der Waals surface area contributed by atoms with Crippen molar-refractivity contribution in [2.24, 2.45) is 17.0 Å². The van der Waals surface area contributed by atoms with E-state index in [1.807, 2.05) is 18.7 Å². The number of rotatable bonds is 5. The molecule has 0 aliphatic carbocycles. The molecule has 0 aliphatic heterocycles. The zero-order valence-electron chi connectivity index (χ0n) is 8.72. The van der Waals surface area contributed by atoms with Gasteiger partial charge in [-0.05, 0) is 5.92 Å². The third kappa shape index (κ3) is 2.87. The van der Waals surface area contributed by atoms with Crippen molar-refractivity contribution in [3.05, 3.63) is 18.7 Å². The number of imidazole rings is 1. The van der Waals surface area contributed by atoms with Crippen molar-refractivity contribution < 1.29 is 9.77 Å². The molecule has 0 radical (unpaired) electrons. The van der Waals surface area contributed by atoms with E-state index >= 15 is 0 Å². The predicted molar refractivity (Wildman–Crippen MR) is 54.2 cm³/mol. The quantitative estimate of drug-likeness (QED) is 0.318. The van der Waals surface area contributed by atoms with Gasteiger partial charge in [0, 0.05) is 5.92 Å². The number of nitrogens with one attached hydrogen (secondary N) is 1. The molecule has 1 rings (SSSR count). The highest BCUT2D eigenvalue weighted by Crippen LogP contribution is 2.13. The lowest BCUT2D eigenvalue weighted by Crippen LogP contribution is -2.37. The van der Waals surface area contributed by atoms with Crippen molar-refractivity contribution in [2.75, 3.05) is 0 Å². The summed E-state index contributed by atoms with van der Waals surface area (Å²) in [5.74, 6) is 0.805. The standard InChI is InChI=1S/C10H17N3O/c1-3-9(2)10(6-12-14)7-13-5-4-11-8-13/h4-6,8-10,14H,3,7H2,1-2H3/p+1. The number of hydrogen-bond donors (Lipinski definition) is 2. The minimum atomic E-state index is 0.283. The van der Waals surface area contributed by atoms with E-state index in [0.29, 0.717) is 5.92 Å². The fraction of sp³-hybridized carbons (Fsp3) is 0.600. The molecule has 0 aliphatic rings. The SMILES string of the molecule is CCC(C)C(C=NO)C[n+]1cc[nH]c1. The van der Waals surface area contributed by atoms with Crippen LogP contribution in [0.25, 0.3) is 0 Å². The van der Waals surface area contributed by atoms with Crippen molar-refractivity contribution in [1.82, 2.24) is 4.98 Å². The first-order chi connectivity index (χ1) is 6.77. The Kier molecular flexibility index (Phi) is 4.16. The van der Waals surface area contributed by atoms with E-state index < -0.39 is 0 Å². The van der Waals surface area contributed by atoms with Gasteiger partial charge in [-0.3, -0.25) is 4.98 Å². The molecule has 0 bridgehead atoms. The number of aromatic nitrogens is 2. The Labute approximate surface area is 84.3 Å². The van der Waals surface area contributed by atoms with Gasteiger partial charge in [-0.15, -0.1) is 5.16 Å². The van der Waals surface area contributed by atoms with Crippen LogP contribution >= 0.6 is 0 Å². The number of nitrogens with zero attached hydrogens (tertiary/aromatic N) is 2. The van der Waals surface area contributed by atoms with E-state index in [0.717, 1.165) is 13.0 Å². The molecule has 0 amide bonds. The van der Waals surface area contributed by atoms with Crippen LogP contribution in [-0.4, -0.2) is 16.4 Å². The summed E-state index contributed by atoms with van der Waals surface area (Å²) in [6, 6.07) is 0. The molecular formula is C10H18N3O+. The molecule has 2 unspecified atom stereocenters. The monoisotopic (exact) mass is 196 g/mol. The Hall–Kier alpha value is -1.32. The van der Waals surface area contributed by atoms with Crippen LogP contribution in [0.5, 0.6) is 0 Å². The van der Waals surface area contributed by atoms with Crippen LogP contribution in [0.15, 0.2) is 23.9 Å². The summed E-state index contributed by atoms with van der Waals surface area (Å²) >= 11 is 0. The van der Waals surface area contributed by atoms with Gasteiger partial charge in [0.1, 0.15) is 12.4 Å². The molecule has 0 spiro atoms. The first-order valence-corrected chi connectivity index (χ1v) is 4.97. The lowest BCUT2D eigenvalue weighted by Gasteiger charge is -2.15. The van der Waals surface area contributed by atoms with Crippen LogP contribution in [0.1, 0.15) is 20.3 Å².